The van der Waals surface area contributed by atoms with Crippen molar-refractivity contribution in [1.82, 2.24) is 0 Å². The van der Waals surface area contributed by atoms with Crippen molar-refractivity contribution in [2.75, 3.05) is 26.4 Å². The molecule has 0 amide bonds. The van der Waals surface area contributed by atoms with Crippen LogP contribution in [0.25, 0.3) is 53.9 Å². The number of hydrogen-bond acceptors (Lipinski definition) is 6. The van der Waals surface area contributed by atoms with Crippen LogP contribution in [0.15, 0.2) is 60.7 Å². The molecule has 0 unspecified atom stereocenters. The molecule has 0 atom stereocenters. The predicted octanol–water partition coefficient (Wildman–Crippen LogP) is 11.6. The first kappa shape index (κ1) is 33.3. The van der Waals surface area contributed by atoms with Gasteiger partial charge in [0.25, 0.3) is 0 Å². The minimum absolute atomic E-state index is 0.162. The van der Waals surface area contributed by atoms with Crippen molar-refractivity contribution in [1.29, 1.82) is 0 Å². The fourth-order valence-electron chi connectivity index (χ4n) is 6.55. The Hall–Kier alpha value is -4.58. The van der Waals surface area contributed by atoms with E-state index in [0.717, 1.165) is 106 Å². The molecule has 0 heterocycles. The van der Waals surface area contributed by atoms with E-state index < -0.39 is 0 Å². The summed E-state index contributed by atoms with van der Waals surface area (Å²) in [5, 5.41) is 31.6. The van der Waals surface area contributed by atoms with Crippen LogP contribution in [0, 0.1) is 0 Å². The molecule has 2 N–H and O–H groups in total. The summed E-state index contributed by atoms with van der Waals surface area (Å²) < 4.78 is 25.6. The number of rotatable bonds is 16. The van der Waals surface area contributed by atoms with Gasteiger partial charge in [-0.3, -0.25) is 0 Å². The molecule has 6 aromatic carbocycles. The molecule has 6 heteroatoms. The molecule has 0 spiro atoms. The lowest BCUT2D eigenvalue weighted by Gasteiger charge is -2.20. The van der Waals surface area contributed by atoms with E-state index in [-0.39, 0.29) is 11.5 Å². The highest BCUT2D eigenvalue weighted by molar-refractivity contribution is 6.35. The Morgan fingerprint density at radius 2 is 0.771 bits per heavy atom. The standard InChI is InChI=1S/C42H48O6/c1-5-9-21-45-34-19-17-32(43)39-30(34)25-36(47-23-11-7-3)28-15-13-27-14-16-29-37(48-24-12-8-4)26-31-35(46-22-10-6-2)20-18-33(44)40(31)42(29)38(27)41(28)39/h13-20,25-26,43-44H,5-12,21-24H2,1-4H3. The smallest absolute Gasteiger partial charge is 0.127 e. The lowest BCUT2D eigenvalue weighted by Crippen LogP contribution is -2.01. The molecule has 6 rings (SSSR count). The first-order valence-electron chi connectivity index (χ1n) is 17.8. The van der Waals surface area contributed by atoms with Gasteiger partial charge in [0.2, 0.25) is 0 Å². The molecule has 0 saturated carbocycles. The molecule has 252 valence electrons. The van der Waals surface area contributed by atoms with Gasteiger partial charge in [0.1, 0.15) is 34.5 Å². The van der Waals surface area contributed by atoms with Crippen molar-refractivity contribution < 1.29 is 29.2 Å². The highest BCUT2D eigenvalue weighted by Gasteiger charge is 2.22. The second-order valence-electron chi connectivity index (χ2n) is 12.6. The monoisotopic (exact) mass is 648 g/mol. The maximum absolute atomic E-state index is 11.6. The Labute approximate surface area is 283 Å². The summed E-state index contributed by atoms with van der Waals surface area (Å²) in [6.45, 7) is 10.9. The van der Waals surface area contributed by atoms with Crippen LogP contribution in [0.3, 0.4) is 0 Å². The number of phenols is 2. The van der Waals surface area contributed by atoms with Gasteiger partial charge in [-0.25, -0.2) is 0 Å². The second-order valence-corrected chi connectivity index (χ2v) is 12.6. The predicted molar refractivity (Wildman–Crippen MR) is 199 cm³/mol. The van der Waals surface area contributed by atoms with E-state index in [2.05, 4.69) is 52.0 Å². The van der Waals surface area contributed by atoms with E-state index >= 15 is 0 Å². The van der Waals surface area contributed by atoms with Crippen molar-refractivity contribution >= 4 is 53.9 Å². The van der Waals surface area contributed by atoms with Gasteiger partial charge in [0, 0.05) is 43.1 Å². The molecule has 0 aromatic heterocycles. The Bertz CT molecular complexity index is 1920. The number of ether oxygens (including phenoxy) is 4. The van der Waals surface area contributed by atoms with Crippen LogP contribution in [0.1, 0.15) is 79.1 Å². The topological polar surface area (TPSA) is 77.4 Å². The third kappa shape index (κ3) is 6.33. The third-order valence-corrected chi connectivity index (χ3v) is 9.16. The highest BCUT2D eigenvalue weighted by Crippen LogP contribution is 2.50. The summed E-state index contributed by atoms with van der Waals surface area (Å²) in [5.74, 6) is 3.22. The molecular weight excluding hydrogens is 600 g/mol. The molecule has 0 aliphatic heterocycles. The van der Waals surface area contributed by atoms with Crippen molar-refractivity contribution in [3.8, 4) is 34.5 Å². The van der Waals surface area contributed by atoms with Crippen LogP contribution < -0.4 is 18.9 Å². The summed E-state index contributed by atoms with van der Waals surface area (Å²) in [6, 6.07) is 19.5. The van der Waals surface area contributed by atoms with E-state index in [0.29, 0.717) is 48.7 Å². The van der Waals surface area contributed by atoms with Crippen molar-refractivity contribution in [2.45, 2.75) is 79.1 Å². The Morgan fingerprint density at radius 3 is 1.15 bits per heavy atom. The van der Waals surface area contributed by atoms with Crippen molar-refractivity contribution in [3.05, 3.63) is 60.7 Å². The number of unbranched alkanes of at least 4 members (excludes halogenated alkanes) is 4. The molecule has 0 fully saturated rings. The molecular formula is C42H48O6. The molecule has 6 aromatic rings. The van der Waals surface area contributed by atoms with Gasteiger partial charge in [0.15, 0.2) is 0 Å². The van der Waals surface area contributed by atoms with Crippen molar-refractivity contribution in [3.63, 3.8) is 0 Å². The van der Waals surface area contributed by atoms with E-state index in [1.165, 1.54) is 0 Å². The number of hydrogen-bond donors (Lipinski definition) is 2. The highest BCUT2D eigenvalue weighted by atomic mass is 16.5. The normalized spacial score (nSPS) is 11.7. The largest absolute Gasteiger partial charge is 0.507 e. The first-order chi connectivity index (χ1) is 23.5. The fourth-order valence-corrected chi connectivity index (χ4v) is 6.55. The fraction of sp³-hybridized carbons (Fsp3) is 0.381. The Morgan fingerprint density at radius 1 is 0.396 bits per heavy atom. The van der Waals surface area contributed by atoms with Gasteiger partial charge in [0.05, 0.1) is 26.4 Å². The van der Waals surface area contributed by atoms with Gasteiger partial charge in [-0.1, -0.05) is 65.5 Å². The molecule has 0 aliphatic rings. The SMILES string of the molecule is CCCCOc1ccc(O)c2c1cc(OCCCC)c1ccc3ccc4c(OCCCC)cc5c(OCCCC)ccc(O)c5c4c3c12. The molecule has 0 saturated heterocycles. The van der Waals surface area contributed by atoms with Gasteiger partial charge in [-0.2, -0.15) is 0 Å². The number of benzene rings is 6. The Balaban J connectivity index is 1.80. The average molecular weight is 649 g/mol. The molecule has 0 aliphatic carbocycles. The second kappa shape index (κ2) is 15.1. The zero-order chi connectivity index (χ0) is 33.6. The zero-order valence-corrected chi connectivity index (χ0v) is 28.8. The maximum atomic E-state index is 11.6. The van der Waals surface area contributed by atoms with Gasteiger partial charge >= 0.3 is 0 Å². The third-order valence-electron chi connectivity index (χ3n) is 9.16. The van der Waals surface area contributed by atoms with E-state index in [1.807, 2.05) is 24.3 Å². The van der Waals surface area contributed by atoms with Gasteiger partial charge < -0.3 is 29.2 Å². The van der Waals surface area contributed by atoms with Crippen LogP contribution in [-0.4, -0.2) is 36.6 Å². The minimum atomic E-state index is 0.162. The van der Waals surface area contributed by atoms with E-state index in [1.54, 1.807) is 12.1 Å². The van der Waals surface area contributed by atoms with Gasteiger partial charge in [-0.15, -0.1) is 0 Å². The molecule has 6 nitrogen and oxygen atoms in total. The number of aromatic hydroxyl groups is 2. The summed E-state index contributed by atoms with van der Waals surface area (Å²) in [7, 11) is 0. The van der Waals surface area contributed by atoms with E-state index in [4.69, 9.17) is 18.9 Å². The minimum Gasteiger partial charge on any atom is -0.507 e. The zero-order valence-electron chi connectivity index (χ0n) is 28.8. The molecule has 0 radical (unpaired) electrons. The average Bonchev–Trinajstić information content (AvgIpc) is 3.09. The number of fused-ring (bicyclic) bond motifs is 9. The van der Waals surface area contributed by atoms with Gasteiger partial charge in [-0.05, 0) is 85.0 Å². The summed E-state index contributed by atoms with van der Waals surface area (Å²) in [4.78, 5) is 0. The van der Waals surface area contributed by atoms with Crippen LogP contribution >= 0.6 is 0 Å². The molecule has 48 heavy (non-hydrogen) atoms. The lowest BCUT2D eigenvalue weighted by atomic mass is 9.89. The number of phenolic OH excluding ortho intramolecular Hbond substituents is 2. The van der Waals surface area contributed by atoms with Crippen LogP contribution in [0.4, 0.5) is 0 Å². The summed E-state index contributed by atoms with van der Waals surface area (Å²) >= 11 is 0. The van der Waals surface area contributed by atoms with E-state index in [9.17, 15) is 10.2 Å². The Kier molecular flexibility index (Phi) is 10.5. The molecule has 0 bridgehead atoms. The summed E-state index contributed by atoms with van der Waals surface area (Å²) in [6.07, 6.45) is 7.77. The van der Waals surface area contributed by atoms with Crippen molar-refractivity contribution in [2.24, 2.45) is 0 Å². The first-order valence-corrected chi connectivity index (χ1v) is 17.8. The van der Waals surface area contributed by atoms with Crippen LogP contribution in [0.2, 0.25) is 0 Å². The van der Waals surface area contributed by atoms with Crippen LogP contribution in [-0.2, 0) is 0 Å². The lowest BCUT2D eigenvalue weighted by molar-refractivity contribution is 0.309. The summed E-state index contributed by atoms with van der Waals surface area (Å²) in [5.41, 5.74) is 0. The quantitative estimate of drug-likeness (QED) is 0.0803. The maximum Gasteiger partial charge on any atom is 0.127 e. The van der Waals surface area contributed by atoms with Crippen LogP contribution in [0.5, 0.6) is 34.5 Å².